The first kappa shape index (κ1) is 14.1. The number of carbonyl (C=O) groups is 1. The maximum atomic E-state index is 12.7. The van der Waals surface area contributed by atoms with Crippen LogP contribution in [0.15, 0.2) is 24.3 Å². The van der Waals surface area contributed by atoms with Crippen molar-refractivity contribution in [2.45, 2.75) is 25.8 Å². The summed E-state index contributed by atoms with van der Waals surface area (Å²) in [5, 5.41) is 6.93. The second-order valence-electron chi connectivity index (χ2n) is 6.00. The molecule has 1 saturated heterocycles. The van der Waals surface area contributed by atoms with Crippen LogP contribution in [0.3, 0.4) is 0 Å². The number of hydrogen-bond acceptors (Lipinski definition) is 4. The number of amides is 1. The number of fused-ring (bicyclic) bond motifs is 1. The van der Waals surface area contributed by atoms with E-state index in [0.717, 1.165) is 42.1 Å². The zero-order valence-electron chi connectivity index (χ0n) is 13.0. The van der Waals surface area contributed by atoms with E-state index in [9.17, 15) is 4.79 Å². The first-order valence-corrected chi connectivity index (χ1v) is 7.95. The van der Waals surface area contributed by atoms with Gasteiger partial charge in [0.2, 0.25) is 0 Å². The molecule has 6 nitrogen and oxygen atoms in total. The van der Waals surface area contributed by atoms with Crippen molar-refractivity contribution >= 4 is 5.91 Å². The molecular formula is C17H19N3O3. The highest BCUT2D eigenvalue weighted by molar-refractivity contribution is 5.92. The summed E-state index contributed by atoms with van der Waals surface area (Å²) < 4.78 is 11.2. The molecule has 1 amide bonds. The van der Waals surface area contributed by atoms with Crippen molar-refractivity contribution in [1.82, 2.24) is 15.1 Å². The van der Waals surface area contributed by atoms with Crippen molar-refractivity contribution in [3.05, 3.63) is 41.2 Å². The van der Waals surface area contributed by atoms with E-state index in [0.29, 0.717) is 18.9 Å². The van der Waals surface area contributed by atoms with Gasteiger partial charge in [0.15, 0.2) is 11.5 Å². The van der Waals surface area contributed by atoms with Crippen LogP contribution in [-0.2, 0) is 0 Å². The number of ether oxygens (including phenoxy) is 2. The Balaban J connectivity index is 1.61. The second kappa shape index (κ2) is 5.61. The van der Waals surface area contributed by atoms with Crippen molar-refractivity contribution in [3.63, 3.8) is 0 Å². The molecule has 1 unspecified atom stereocenters. The third kappa shape index (κ3) is 2.54. The van der Waals surface area contributed by atoms with Crippen LogP contribution in [0.2, 0.25) is 0 Å². The molecule has 1 fully saturated rings. The quantitative estimate of drug-likeness (QED) is 0.925. The summed E-state index contributed by atoms with van der Waals surface area (Å²) in [5.74, 6) is 1.52. The normalized spacial score (nSPS) is 19.9. The van der Waals surface area contributed by atoms with Gasteiger partial charge in [-0.2, -0.15) is 5.10 Å². The summed E-state index contributed by atoms with van der Waals surface area (Å²) in [5.41, 5.74) is 2.46. The Morgan fingerprint density at radius 3 is 2.87 bits per heavy atom. The lowest BCUT2D eigenvalue weighted by Gasteiger charge is -2.26. The number of nitrogens with one attached hydrogen (secondary N) is 1. The van der Waals surface area contributed by atoms with Crippen LogP contribution in [0.5, 0.6) is 11.5 Å². The second-order valence-corrected chi connectivity index (χ2v) is 6.00. The summed E-state index contributed by atoms with van der Waals surface area (Å²) in [6.45, 7) is 3.80. The molecule has 2 aliphatic heterocycles. The zero-order valence-corrected chi connectivity index (χ0v) is 13.0. The Labute approximate surface area is 134 Å². The highest BCUT2D eigenvalue weighted by Gasteiger charge is 2.32. The average Bonchev–Trinajstić information content (AvgIpc) is 3.23. The summed E-state index contributed by atoms with van der Waals surface area (Å²) in [7, 11) is 0. The smallest absolute Gasteiger partial charge is 0.274 e. The number of hydrogen-bond donors (Lipinski definition) is 1. The fourth-order valence-corrected chi connectivity index (χ4v) is 3.30. The fourth-order valence-electron chi connectivity index (χ4n) is 3.30. The Kier molecular flexibility index (Phi) is 3.44. The molecule has 0 bridgehead atoms. The first-order chi connectivity index (χ1) is 11.2. The third-order valence-corrected chi connectivity index (χ3v) is 4.39. The molecule has 4 rings (SSSR count). The molecule has 0 radical (unpaired) electrons. The summed E-state index contributed by atoms with van der Waals surface area (Å²) >= 11 is 0. The van der Waals surface area contributed by atoms with Crippen LogP contribution in [-0.4, -0.2) is 40.8 Å². The monoisotopic (exact) mass is 313 g/mol. The van der Waals surface area contributed by atoms with Crippen LogP contribution in [0.25, 0.3) is 0 Å². The Bertz CT molecular complexity index is 740. The van der Waals surface area contributed by atoms with E-state index in [1.54, 1.807) is 6.07 Å². The van der Waals surface area contributed by atoms with Crippen LogP contribution in [0.1, 0.15) is 40.6 Å². The van der Waals surface area contributed by atoms with Crippen LogP contribution < -0.4 is 9.47 Å². The number of aromatic amines is 1. The SMILES string of the molecule is Cc1cc(C(=O)N2CCCC2c2ccc3c(c2)OCCO3)n[nH]1. The molecule has 2 aliphatic rings. The minimum absolute atomic E-state index is 0.0215. The largest absolute Gasteiger partial charge is 0.486 e. The highest BCUT2D eigenvalue weighted by atomic mass is 16.6. The molecular weight excluding hydrogens is 294 g/mol. The van der Waals surface area contributed by atoms with Crippen molar-refractivity contribution in [2.75, 3.05) is 19.8 Å². The predicted molar refractivity (Wildman–Crippen MR) is 83.8 cm³/mol. The number of benzene rings is 1. The van der Waals surface area contributed by atoms with Crippen molar-refractivity contribution in [1.29, 1.82) is 0 Å². The van der Waals surface area contributed by atoms with E-state index >= 15 is 0 Å². The van der Waals surface area contributed by atoms with Gasteiger partial charge in [-0.05, 0) is 43.5 Å². The number of carbonyl (C=O) groups excluding carboxylic acids is 1. The molecule has 2 aromatic rings. The molecule has 0 spiro atoms. The standard InChI is InChI=1S/C17H19N3O3/c1-11-9-13(19-18-11)17(21)20-6-2-3-14(20)12-4-5-15-16(10-12)23-8-7-22-15/h4-5,9-10,14H,2-3,6-8H2,1H3,(H,18,19). The minimum atomic E-state index is -0.0215. The molecule has 120 valence electrons. The van der Waals surface area contributed by atoms with Gasteiger partial charge in [-0.25, -0.2) is 0 Å². The maximum absolute atomic E-state index is 12.7. The summed E-state index contributed by atoms with van der Waals surface area (Å²) in [6.07, 6.45) is 1.95. The van der Waals surface area contributed by atoms with Crippen molar-refractivity contribution in [3.8, 4) is 11.5 Å². The molecule has 1 aromatic heterocycles. The number of aromatic nitrogens is 2. The van der Waals surface area contributed by atoms with Gasteiger partial charge in [0.1, 0.15) is 18.9 Å². The summed E-state index contributed by atoms with van der Waals surface area (Å²) in [6, 6.07) is 7.82. The topological polar surface area (TPSA) is 67.5 Å². The van der Waals surface area contributed by atoms with Crippen LogP contribution in [0.4, 0.5) is 0 Å². The molecule has 3 heterocycles. The Morgan fingerprint density at radius 1 is 1.26 bits per heavy atom. The zero-order chi connectivity index (χ0) is 15.8. The number of likely N-dealkylation sites (tertiary alicyclic amines) is 1. The first-order valence-electron chi connectivity index (χ1n) is 7.95. The number of rotatable bonds is 2. The maximum Gasteiger partial charge on any atom is 0.274 e. The van der Waals surface area contributed by atoms with E-state index in [1.165, 1.54) is 0 Å². The van der Waals surface area contributed by atoms with Gasteiger partial charge >= 0.3 is 0 Å². The van der Waals surface area contributed by atoms with E-state index in [-0.39, 0.29) is 11.9 Å². The number of H-pyrrole nitrogens is 1. The number of nitrogens with zero attached hydrogens (tertiary/aromatic N) is 2. The molecule has 0 saturated carbocycles. The van der Waals surface area contributed by atoms with Crippen LogP contribution >= 0.6 is 0 Å². The predicted octanol–water partition coefficient (Wildman–Crippen LogP) is 2.47. The van der Waals surface area contributed by atoms with Crippen molar-refractivity contribution < 1.29 is 14.3 Å². The van der Waals surface area contributed by atoms with E-state index in [4.69, 9.17) is 9.47 Å². The fraction of sp³-hybridized carbons (Fsp3) is 0.412. The van der Waals surface area contributed by atoms with E-state index in [2.05, 4.69) is 10.2 Å². The lowest BCUT2D eigenvalue weighted by molar-refractivity contribution is 0.0729. The minimum Gasteiger partial charge on any atom is -0.486 e. The van der Waals surface area contributed by atoms with Gasteiger partial charge in [-0.1, -0.05) is 6.07 Å². The molecule has 6 heteroatoms. The van der Waals surface area contributed by atoms with Gasteiger partial charge in [0.25, 0.3) is 5.91 Å². The lowest BCUT2D eigenvalue weighted by atomic mass is 10.0. The summed E-state index contributed by atoms with van der Waals surface area (Å²) in [4.78, 5) is 14.6. The molecule has 1 atom stereocenters. The van der Waals surface area contributed by atoms with Gasteiger partial charge in [-0.15, -0.1) is 0 Å². The Morgan fingerprint density at radius 2 is 2.09 bits per heavy atom. The molecule has 1 N–H and O–H groups in total. The molecule has 1 aromatic carbocycles. The van der Waals surface area contributed by atoms with Gasteiger partial charge in [0.05, 0.1) is 6.04 Å². The Hall–Kier alpha value is -2.50. The highest BCUT2D eigenvalue weighted by Crippen LogP contribution is 2.38. The number of aryl methyl sites for hydroxylation is 1. The average molecular weight is 313 g/mol. The van der Waals surface area contributed by atoms with Crippen molar-refractivity contribution in [2.24, 2.45) is 0 Å². The molecule has 23 heavy (non-hydrogen) atoms. The van der Waals surface area contributed by atoms with Gasteiger partial charge < -0.3 is 14.4 Å². The van der Waals surface area contributed by atoms with E-state index < -0.39 is 0 Å². The third-order valence-electron chi connectivity index (χ3n) is 4.39. The van der Waals surface area contributed by atoms with E-state index in [1.807, 2.05) is 30.0 Å². The lowest BCUT2D eigenvalue weighted by Crippen LogP contribution is -2.31. The van der Waals surface area contributed by atoms with Gasteiger partial charge in [0, 0.05) is 12.2 Å². The van der Waals surface area contributed by atoms with Gasteiger partial charge in [-0.3, -0.25) is 9.89 Å². The van der Waals surface area contributed by atoms with Crippen LogP contribution in [0, 0.1) is 6.92 Å². The molecule has 0 aliphatic carbocycles.